The standard InChI is InChI=1S/C9H14N4O4S/c1-6-5-7(8(14)15)13-9(12-6)10-3-4-11-18(2,16)17/h5,11H,3-4H2,1-2H3,(H,14,15)(H,10,12,13). The van der Waals surface area contributed by atoms with Crippen LogP contribution in [-0.4, -0.2) is 48.8 Å². The Hall–Kier alpha value is -1.74. The predicted octanol–water partition coefficient (Wildman–Crippen LogP) is -0.556. The zero-order valence-electron chi connectivity index (χ0n) is 9.97. The van der Waals surface area contributed by atoms with E-state index in [0.717, 1.165) is 6.26 Å². The van der Waals surface area contributed by atoms with Crippen LogP contribution >= 0.6 is 0 Å². The number of rotatable bonds is 6. The van der Waals surface area contributed by atoms with E-state index in [1.54, 1.807) is 6.92 Å². The van der Waals surface area contributed by atoms with Crippen LogP contribution in [-0.2, 0) is 10.0 Å². The van der Waals surface area contributed by atoms with Gasteiger partial charge in [0.05, 0.1) is 6.26 Å². The van der Waals surface area contributed by atoms with E-state index in [0.29, 0.717) is 5.69 Å². The summed E-state index contributed by atoms with van der Waals surface area (Å²) in [6, 6.07) is 1.35. The van der Waals surface area contributed by atoms with Crippen LogP contribution in [0.15, 0.2) is 6.07 Å². The molecule has 0 unspecified atom stereocenters. The molecule has 0 aliphatic rings. The number of aromatic nitrogens is 2. The van der Waals surface area contributed by atoms with Crippen molar-refractivity contribution in [3.8, 4) is 0 Å². The van der Waals surface area contributed by atoms with Gasteiger partial charge in [-0.3, -0.25) is 0 Å². The molecule has 0 spiro atoms. The van der Waals surface area contributed by atoms with Gasteiger partial charge in [0.15, 0.2) is 5.69 Å². The van der Waals surface area contributed by atoms with Crippen LogP contribution in [0.2, 0.25) is 0 Å². The van der Waals surface area contributed by atoms with Gasteiger partial charge in [0.1, 0.15) is 0 Å². The molecule has 100 valence electrons. The summed E-state index contributed by atoms with van der Waals surface area (Å²) in [7, 11) is -3.23. The summed E-state index contributed by atoms with van der Waals surface area (Å²) in [5.74, 6) is -0.986. The first kappa shape index (κ1) is 14.3. The lowest BCUT2D eigenvalue weighted by molar-refractivity contribution is 0.0690. The molecule has 0 atom stereocenters. The molecule has 1 aromatic heterocycles. The molecule has 0 aliphatic carbocycles. The summed E-state index contributed by atoms with van der Waals surface area (Å²) in [5, 5.41) is 11.5. The van der Waals surface area contributed by atoms with Crippen molar-refractivity contribution in [3.05, 3.63) is 17.5 Å². The SMILES string of the molecule is Cc1cc(C(=O)O)nc(NCCNS(C)(=O)=O)n1. The van der Waals surface area contributed by atoms with Gasteiger partial charge in [-0.1, -0.05) is 0 Å². The Bertz CT molecular complexity index is 543. The van der Waals surface area contributed by atoms with Gasteiger partial charge in [0, 0.05) is 18.8 Å². The highest BCUT2D eigenvalue weighted by Crippen LogP contribution is 2.04. The molecule has 0 aliphatic heterocycles. The molecule has 18 heavy (non-hydrogen) atoms. The van der Waals surface area contributed by atoms with Gasteiger partial charge in [-0.05, 0) is 13.0 Å². The lowest BCUT2D eigenvalue weighted by Crippen LogP contribution is -2.28. The Balaban J connectivity index is 2.60. The third-order valence-electron chi connectivity index (χ3n) is 1.85. The van der Waals surface area contributed by atoms with Gasteiger partial charge in [-0.2, -0.15) is 0 Å². The van der Waals surface area contributed by atoms with E-state index in [2.05, 4.69) is 20.0 Å². The molecule has 0 saturated heterocycles. The number of carbonyl (C=O) groups is 1. The molecular weight excluding hydrogens is 260 g/mol. The van der Waals surface area contributed by atoms with Crippen LogP contribution < -0.4 is 10.0 Å². The fourth-order valence-electron chi connectivity index (χ4n) is 1.17. The normalized spacial score (nSPS) is 11.2. The number of carboxylic acid groups (broad SMARTS) is 1. The van der Waals surface area contributed by atoms with E-state index in [1.165, 1.54) is 6.07 Å². The highest BCUT2D eigenvalue weighted by Gasteiger charge is 2.08. The molecule has 0 bridgehead atoms. The molecule has 8 nitrogen and oxygen atoms in total. The molecule has 3 N–H and O–H groups in total. The monoisotopic (exact) mass is 274 g/mol. The average Bonchev–Trinajstić information content (AvgIpc) is 2.22. The van der Waals surface area contributed by atoms with Gasteiger partial charge in [-0.15, -0.1) is 0 Å². The zero-order valence-corrected chi connectivity index (χ0v) is 10.8. The number of hydrogen-bond donors (Lipinski definition) is 3. The third kappa shape index (κ3) is 5.06. The first-order valence-electron chi connectivity index (χ1n) is 5.05. The van der Waals surface area contributed by atoms with Crippen molar-refractivity contribution in [1.29, 1.82) is 0 Å². The first-order valence-corrected chi connectivity index (χ1v) is 6.94. The third-order valence-corrected chi connectivity index (χ3v) is 2.57. The number of aromatic carboxylic acids is 1. The number of hydrogen-bond acceptors (Lipinski definition) is 6. The Kier molecular flexibility index (Phi) is 4.56. The maximum Gasteiger partial charge on any atom is 0.354 e. The molecule has 0 saturated carbocycles. The first-order chi connectivity index (χ1) is 8.28. The summed E-state index contributed by atoms with van der Waals surface area (Å²) in [6.45, 7) is 2.07. The molecule has 0 amide bonds. The largest absolute Gasteiger partial charge is 0.477 e. The summed E-state index contributed by atoms with van der Waals surface area (Å²) in [5.41, 5.74) is 0.405. The Morgan fingerprint density at radius 1 is 1.39 bits per heavy atom. The van der Waals surface area contributed by atoms with E-state index in [9.17, 15) is 13.2 Å². The molecule has 0 aromatic carbocycles. The van der Waals surface area contributed by atoms with Crippen molar-refractivity contribution in [1.82, 2.24) is 14.7 Å². The maximum absolute atomic E-state index is 10.8. The number of nitrogens with one attached hydrogen (secondary N) is 2. The van der Waals surface area contributed by atoms with E-state index in [-0.39, 0.29) is 24.7 Å². The fraction of sp³-hybridized carbons (Fsp3) is 0.444. The van der Waals surface area contributed by atoms with Crippen LogP contribution in [0.25, 0.3) is 0 Å². The summed E-state index contributed by atoms with van der Waals surface area (Å²) in [6.07, 6.45) is 1.05. The molecule has 1 heterocycles. The number of carboxylic acids is 1. The molecule has 0 fully saturated rings. The van der Waals surface area contributed by atoms with E-state index < -0.39 is 16.0 Å². The van der Waals surface area contributed by atoms with Crippen LogP contribution in [0.4, 0.5) is 5.95 Å². The van der Waals surface area contributed by atoms with E-state index >= 15 is 0 Å². The number of sulfonamides is 1. The minimum absolute atomic E-state index is 0.110. The second kappa shape index (κ2) is 5.74. The topological polar surface area (TPSA) is 121 Å². The zero-order chi connectivity index (χ0) is 13.8. The quantitative estimate of drug-likeness (QED) is 0.595. The van der Waals surface area contributed by atoms with Crippen molar-refractivity contribution >= 4 is 21.9 Å². The van der Waals surface area contributed by atoms with Gasteiger partial charge in [0.2, 0.25) is 16.0 Å². The number of anilines is 1. The Morgan fingerprint density at radius 3 is 2.61 bits per heavy atom. The predicted molar refractivity (Wildman–Crippen MR) is 65.1 cm³/mol. The van der Waals surface area contributed by atoms with Gasteiger partial charge >= 0.3 is 5.97 Å². The van der Waals surface area contributed by atoms with Crippen molar-refractivity contribution in [2.75, 3.05) is 24.7 Å². The van der Waals surface area contributed by atoms with Gasteiger partial charge in [-0.25, -0.2) is 27.9 Å². The molecule has 1 aromatic rings. The maximum atomic E-state index is 10.8. The molecule has 0 radical (unpaired) electrons. The lowest BCUT2D eigenvalue weighted by Gasteiger charge is -2.06. The van der Waals surface area contributed by atoms with Crippen molar-refractivity contribution in [3.63, 3.8) is 0 Å². The minimum atomic E-state index is -3.23. The van der Waals surface area contributed by atoms with Crippen molar-refractivity contribution in [2.45, 2.75) is 6.92 Å². The van der Waals surface area contributed by atoms with Crippen LogP contribution in [0, 0.1) is 6.92 Å². The lowest BCUT2D eigenvalue weighted by atomic mass is 10.3. The van der Waals surface area contributed by atoms with Gasteiger partial charge < -0.3 is 10.4 Å². The summed E-state index contributed by atoms with van der Waals surface area (Å²) >= 11 is 0. The highest BCUT2D eigenvalue weighted by molar-refractivity contribution is 7.88. The molecule has 9 heteroatoms. The minimum Gasteiger partial charge on any atom is -0.477 e. The van der Waals surface area contributed by atoms with E-state index in [4.69, 9.17) is 5.11 Å². The highest BCUT2D eigenvalue weighted by atomic mass is 32.2. The second-order valence-electron chi connectivity index (χ2n) is 3.62. The van der Waals surface area contributed by atoms with Gasteiger partial charge in [0.25, 0.3) is 0 Å². The molecule has 1 rings (SSSR count). The van der Waals surface area contributed by atoms with Crippen LogP contribution in [0.5, 0.6) is 0 Å². The fourth-order valence-corrected chi connectivity index (χ4v) is 1.64. The van der Waals surface area contributed by atoms with Crippen LogP contribution in [0.1, 0.15) is 16.2 Å². The summed E-state index contributed by atoms with van der Waals surface area (Å²) < 4.78 is 23.9. The van der Waals surface area contributed by atoms with Crippen molar-refractivity contribution in [2.24, 2.45) is 0 Å². The molecular formula is C9H14N4O4S. The van der Waals surface area contributed by atoms with E-state index in [1.807, 2.05) is 0 Å². The smallest absolute Gasteiger partial charge is 0.354 e. The van der Waals surface area contributed by atoms with Crippen LogP contribution in [0.3, 0.4) is 0 Å². The van der Waals surface area contributed by atoms with Crippen molar-refractivity contribution < 1.29 is 18.3 Å². The number of nitrogens with zero attached hydrogens (tertiary/aromatic N) is 2. The Morgan fingerprint density at radius 2 is 2.06 bits per heavy atom. The number of aryl methyl sites for hydroxylation is 1. The average molecular weight is 274 g/mol. The second-order valence-corrected chi connectivity index (χ2v) is 5.45. The Labute approximate surface area is 105 Å². The summed E-state index contributed by atoms with van der Waals surface area (Å²) in [4.78, 5) is 18.5.